The van der Waals surface area contributed by atoms with Crippen LogP contribution < -0.4 is 10.1 Å². The highest BCUT2D eigenvalue weighted by Gasteiger charge is 2.19. The highest BCUT2D eigenvalue weighted by Crippen LogP contribution is 2.35. The van der Waals surface area contributed by atoms with Gasteiger partial charge >= 0.3 is 0 Å². The average molecular weight is 180 g/mol. The van der Waals surface area contributed by atoms with Crippen LogP contribution in [0.2, 0.25) is 0 Å². The lowest BCUT2D eigenvalue weighted by molar-refractivity contribution is -0.385. The molecule has 0 bridgehead atoms. The molecule has 0 spiro atoms. The van der Waals surface area contributed by atoms with E-state index >= 15 is 0 Å². The zero-order valence-corrected chi connectivity index (χ0v) is 7.03. The number of nitrogens with zero attached hydrogens (tertiary/aromatic N) is 1. The van der Waals surface area contributed by atoms with Crippen molar-refractivity contribution in [2.45, 2.75) is 6.92 Å². The smallest absolute Gasteiger partial charge is 0.276 e. The maximum Gasteiger partial charge on any atom is 0.276 e. The standard InChI is InChI=1S/C8H8N2O3/c1-5-2-6-8(13-4-9-6)3-7(5)10(11)12/h2-3,9H,4H2,1H3. The van der Waals surface area contributed by atoms with E-state index < -0.39 is 4.92 Å². The van der Waals surface area contributed by atoms with Crippen LogP contribution in [0, 0.1) is 17.0 Å². The van der Waals surface area contributed by atoms with Crippen molar-refractivity contribution in [3.8, 4) is 5.75 Å². The summed E-state index contributed by atoms with van der Waals surface area (Å²) in [5, 5.41) is 13.5. The number of hydrogen-bond donors (Lipinski definition) is 1. The van der Waals surface area contributed by atoms with Gasteiger partial charge in [0.1, 0.15) is 0 Å². The van der Waals surface area contributed by atoms with Crippen LogP contribution in [0.5, 0.6) is 5.75 Å². The monoisotopic (exact) mass is 180 g/mol. The molecular weight excluding hydrogens is 172 g/mol. The Morgan fingerprint density at radius 2 is 2.38 bits per heavy atom. The van der Waals surface area contributed by atoms with Gasteiger partial charge in [0.25, 0.3) is 5.69 Å². The summed E-state index contributed by atoms with van der Waals surface area (Å²) < 4.78 is 5.13. The second-order valence-electron chi connectivity index (χ2n) is 2.86. The van der Waals surface area contributed by atoms with Crippen molar-refractivity contribution in [3.05, 3.63) is 27.8 Å². The molecule has 5 heteroatoms. The maximum absolute atomic E-state index is 10.6. The number of rotatable bonds is 1. The first kappa shape index (κ1) is 7.85. The van der Waals surface area contributed by atoms with E-state index in [-0.39, 0.29) is 5.69 Å². The van der Waals surface area contributed by atoms with E-state index in [4.69, 9.17) is 4.74 Å². The average Bonchev–Trinajstić information content (AvgIpc) is 2.48. The van der Waals surface area contributed by atoms with E-state index in [9.17, 15) is 10.1 Å². The maximum atomic E-state index is 10.6. The third-order valence-corrected chi connectivity index (χ3v) is 1.99. The lowest BCUT2D eigenvalue weighted by Gasteiger charge is -2.00. The fraction of sp³-hybridized carbons (Fsp3) is 0.250. The van der Waals surface area contributed by atoms with Crippen LogP contribution in [0.3, 0.4) is 0 Å². The van der Waals surface area contributed by atoms with E-state index in [0.29, 0.717) is 18.0 Å². The number of anilines is 1. The molecule has 0 unspecified atom stereocenters. The highest BCUT2D eigenvalue weighted by atomic mass is 16.6. The lowest BCUT2D eigenvalue weighted by atomic mass is 10.1. The Kier molecular flexibility index (Phi) is 1.58. The quantitative estimate of drug-likeness (QED) is 0.527. The van der Waals surface area contributed by atoms with Crippen LogP contribution in [-0.2, 0) is 0 Å². The van der Waals surface area contributed by atoms with Gasteiger partial charge in [-0.3, -0.25) is 10.1 Å². The number of nitro benzene ring substituents is 1. The number of fused-ring (bicyclic) bond motifs is 1. The summed E-state index contributed by atoms with van der Waals surface area (Å²) in [4.78, 5) is 10.1. The Morgan fingerprint density at radius 1 is 1.62 bits per heavy atom. The minimum Gasteiger partial charge on any atom is -0.471 e. The van der Waals surface area contributed by atoms with E-state index in [1.165, 1.54) is 6.07 Å². The molecule has 0 atom stereocenters. The van der Waals surface area contributed by atoms with Gasteiger partial charge in [0, 0.05) is 5.56 Å². The predicted molar refractivity (Wildman–Crippen MR) is 47.0 cm³/mol. The van der Waals surface area contributed by atoms with Gasteiger partial charge in [0.2, 0.25) is 0 Å². The zero-order chi connectivity index (χ0) is 9.42. The second kappa shape index (κ2) is 2.62. The van der Waals surface area contributed by atoms with Crippen molar-refractivity contribution >= 4 is 11.4 Å². The zero-order valence-electron chi connectivity index (χ0n) is 7.03. The van der Waals surface area contributed by atoms with Crippen LogP contribution >= 0.6 is 0 Å². The first-order valence-corrected chi connectivity index (χ1v) is 3.84. The number of ether oxygens (including phenoxy) is 1. The second-order valence-corrected chi connectivity index (χ2v) is 2.86. The molecule has 68 valence electrons. The van der Waals surface area contributed by atoms with E-state index in [2.05, 4.69) is 5.32 Å². The molecule has 1 aliphatic rings. The van der Waals surface area contributed by atoms with Gasteiger partial charge in [0.05, 0.1) is 16.7 Å². The number of aryl methyl sites for hydroxylation is 1. The Morgan fingerprint density at radius 3 is 3.08 bits per heavy atom. The minimum absolute atomic E-state index is 0.0995. The fourth-order valence-corrected chi connectivity index (χ4v) is 1.32. The van der Waals surface area contributed by atoms with Crippen molar-refractivity contribution in [2.75, 3.05) is 12.0 Å². The molecule has 0 saturated heterocycles. The molecule has 0 aromatic heterocycles. The topological polar surface area (TPSA) is 64.4 Å². The van der Waals surface area contributed by atoms with E-state index in [1.54, 1.807) is 13.0 Å². The Balaban J connectivity index is 2.55. The summed E-state index contributed by atoms with van der Waals surface area (Å²) >= 11 is 0. The Labute approximate surface area is 74.5 Å². The van der Waals surface area contributed by atoms with Crippen LogP contribution in [0.15, 0.2) is 12.1 Å². The van der Waals surface area contributed by atoms with Crippen LogP contribution in [-0.4, -0.2) is 11.7 Å². The lowest BCUT2D eigenvalue weighted by Crippen LogP contribution is -1.96. The Hall–Kier alpha value is -1.78. The molecule has 1 aromatic rings. The number of benzene rings is 1. The van der Waals surface area contributed by atoms with Crippen molar-refractivity contribution < 1.29 is 9.66 Å². The molecule has 2 rings (SSSR count). The third kappa shape index (κ3) is 1.18. The number of hydrogen-bond acceptors (Lipinski definition) is 4. The summed E-state index contributed by atoms with van der Waals surface area (Å²) in [5.74, 6) is 0.553. The summed E-state index contributed by atoms with van der Waals surface area (Å²) in [7, 11) is 0. The van der Waals surface area contributed by atoms with Gasteiger partial charge in [-0.1, -0.05) is 0 Å². The highest BCUT2D eigenvalue weighted by molar-refractivity contribution is 5.65. The SMILES string of the molecule is Cc1cc2c(cc1[N+](=O)[O-])OCN2. The largest absolute Gasteiger partial charge is 0.471 e. The predicted octanol–water partition coefficient (Wildman–Crippen LogP) is 1.67. The first-order valence-electron chi connectivity index (χ1n) is 3.84. The van der Waals surface area contributed by atoms with Crippen LogP contribution in [0.4, 0.5) is 11.4 Å². The van der Waals surface area contributed by atoms with Crippen molar-refractivity contribution in [1.29, 1.82) is 0 Å². The Bertz CT molecular complexity index is 376. The van der Waals surface area contributed by atoms with Gasteiger partial charge in [-0.2, -0.15) is 0 Å². The molecule has 5 nitrogen and oxygen atoms in total. The van der Waals surface area contributed by atoms with Gasteiger partial charge in [-0.25, -0.2) is 0 Å². The van der Waals surface area contributed by atoms with E-state index in [1.807, 2.05) is 0 Å². The van der Waals surface area contributed by atoms with Crippen molar-refractivity contribution in [3.63, 3.8) is 0 Å². The van der Waals surface area contributed by atoms with Gasteiger partial charge in [-0.05, 0) is 13.0 Å². The number of nitrogens with one attached hydrogen (secondary N) is 1. The molecule has 1 aromatic carbocycles. The molecule has 0 saturated carbocycles. The number of nitro groups is 1. The minimum atomic E-state index is -0.405. The van der Waals surface area contributed by atoms with Gasteiger partial charge in [0.15, 0.2) is 12.5 Å². The van der Waals surface area contributed by atoms with Crippen molar-refractivity contribution in [1.82, 2.24) is 0 Å². The van der Waals surface area contributed by atoms with Crippen LogP contribution in [0.1, 0.15) is 5.56 Å². The molecule has 13 heavy (non-hydrogen) atoms. The molecule has 0 aliphatic carbocycles. The van der Waals surface area contributed by atoms with Crippen molar-refractivity contribution in [2.24, 2.45) is 0 Å². The molecule has 0 amide bonds. The molecular formula is C8H8N2O3. The van der Waals surface area contributed by atoms with Gasteiger partial charge < -0.3 is 10.1 Å². The first-order chi connectivity index (χ1) is 6.18. The van der Waals surface area contributed by atoms with E-state index in [0.717, 1.165) is 5.69 Å². The molecule has 1 heterocycles. The molecule has 0 radical (unpaired) electrons. The normalized spacial score (nSPS) is 13.0. The third-order valence-electron chi connectivity index (χ3n) is 1.99. The molecule has 0 fully saturated rings. The summed E-state index contributed by atoms with van der Waals surface area (Å²) in [5.41, 5.74) is 1.56. The molecule has 1 N–H and O–H groups in total. The van der Waals surface area contributed by atoms with Gasteiger partial charge in [-0.15, -0.1) is 0 Å². The summed E-state index contributed by atoms with van der Waals surface area (Å²) in [6.07, 6.45) is 0. The summed E-state index contributed by atoms with van der Waals surface area (Å²) in [6.45, 7) is 2.09. The molecule has 1 aliphatic heterocycles. The van der Waals surface area contributed by atoms with Crippen LogP contribution in [0.25, 0.3) is 0 Å². The summed E-state index contributed by atoms with van der Waals surface area (Å²) in [6, 6.07) is 3.17. The fourth-order valence-electron chi connectivity index (χ4n) is 1.32.